The van der Waals surface area contributed by atoms with E-state index < -0.39 is 0 Å². The van der Waals surface area contributed by atoms with E-state index in [1.54, 1.807) is 0 Å². The van der Waals surface area contributed by atoms with Gasteiger partial charge in [0, 0.05) is 34.9 Å². The van der Waals surface area contributed by atoms with E-state index in [1.165, 1.54) is 29.0 Å². The number of aromatic nitrogens is 2. The molecule has 0 bridgehead atoms. The number of rotatable bonds is 7. The molecule has 6 heteroatoms. The van der Waals surface area contributed by atoms with Crippen molar-refractivity contribution in [2.24, 2.45) is 0 Å². The lowest BCUT2D eigenvalue weighted by Gasteiger charge is -2.27. The van der Waals surface area contributed by atoms with E-state index in [0.717, 1.165) is 43.4 Å². The topological polar surface area (TPSA) is 47.4 Å². The third kappa shape index (κ3) is 4.19. The number of morpholine rings is 1. The maximum absolute atomic E-state index is 13.4. The first-order chi connectivity index (χ1) is 14.2. The second-order valence-electron chi connectivity index (χ2n) is 8.16. The molecule has 1 aromatic rings. The van der Waals surface area contributed by atoms with Crippen LogP contribution in [0.2, 0.25) is 0 Å². The van der Waals surface area contributed by atoms with Crippen LogP contribution in [-0.2, 0) is 10.5 Å². The molecule has 0 radical (unpaired) electrons. The third-order valence-corrected chi connectivity index (χ3v) is 7.24. The molecule has 1 aromatic heterocycles. The number of amides is 1. The van der Waals surface area contributed by atoms with Crippen molar-refractivity contribution >= 4 is 23.2 Å². The minimum Gasteiger partial charge on any atom is -0.378 e. The average molecular weight is 416 g/mol. The molecular formula is C23H33N3O2S. The summed E-state index contributed by atoms with van der Waals surface area (Å²) < 4.78 is 7.69. The zero-order valence-corrected chi connectivity index (χ0v) is 18.6. The molecule has 1 atom stereocenters. The van der Waals surface area contributed by atoms with Gasteiger partial charge in [-0.25, -0.2) is 0 Å². The van der Waals surface area contributed by atoms with Crippen molar-refractivity contribution < 1.29 is 9.53 Å². The summed E-state index contributed by atoms with van der Waals surface area (Å²) in [5, 5.41) is 5.03. The molecule has 0 aromatic carbocycles. The summed E-state index contributed by atoms with van der Waals surface area (Å²) in [6.45, 7) is 7.06. The van der Waals surface area contributed by atoms with Crippen LogP contribution >= 0.6 is 11.8 Å². The smallest absolute Gasteiger partial charge is 0.274 e. The fourth-order valence-electron chi connectivity index (χ4n) is 4.56. The van der Waals surface area contributed by atoms with Gasteiger partial charge in [0.2, 0.25) is 0 Å². The Balaban J connectivity index is 1.77. The summed E-state index contributed by atoms with van der Waals surface area (Å²) in [6.07, 6.45) is 12.7. The van der Waals surface area contributed by atoms with Crippen LogP contribution in [0.1, 0.15) is 86.6 Å². The van der Waals surface area contributed by atoms with Gasteiger partial charge in [-0.05, 0) is 25.7 Å². The number of nitrogens with zero attached hydrogens (tertiary/aromatic N) is 3. The van der Waals surface area contributed by atoms with Gasteiger partial charge in [-0.3, -0.25) is 9.48 Å². The number of fused-ring (bicyclic) bond motifs is 3. The Labute approximate surface area is 178 Å². The standard InChI is InChI=1S/C23H33N3O2S/c1-3-5-9-17(8-4-2)26-22-18-10-6-7-11-20(18)29-16-19(22)21(24-26)23(27)25-12-14-28-15-13-25/h10-11,17H,3-9,12-16H2,1-2H3. The lowest BCUT2D eigenvalue weighted by Crippen LogP contribution is -2.41. The third-order valence-electron chi connectivity index (χ3n) is 6.11. The zero-order valence-electron chi connectivity index (χ0n) is 17.8. The molecule has 4 rings (SSSR count). The minimum absolute atomic E-state index is 0.0819. The highest BCUT2D eigenvalue weighted by atomic mass is 32.2. The van der Waals surface area contributed by atoms with Crippen LogP contribution in [0.25, 0.3) is 5.57 Å². The van der Waals surface area contributed by atoms with Crippen LogP contribution in [0, 0.1) is 0 Å². The van der Waals surface area contributed by atoms with E-state index >= 15 is 0 Å². The second kappa shape index (κ2) is 9.52. The van der Waals surface area contributed by atoms with E-state index in [4.69, 9.17) is 9.84 Å². The number of unbranched alkanes of at least 4 members (excludes halogenated alkanes) is 1. The highest BCUT2D eigenvalue weighted by Crippen LogP contribution is 2.46. The predicted octanol–water partition coefficient (Wildman–Crippen LogP) is 5.19. The van der Waals surface area contributed by atoms with Crippen LogP contribution in [0.4, 0.5) is 0 Å². The Bertz CT molecular complexity index is 805. The van der Waals surface area contributed by atoms with Gasteiger partial charge in [0.25, 0.3) is 5.91 Å². The van der Waals surface area contributed by atoms with E-state index in [9.17, 15) is 4.79 Å². The second-order valence-corrected chi connectivity index (χ2v) is 9.18. The first-order valence-electron chi connectivity index (χ1n) is 11.3. The summed E-state index contributed by atoms with van der Waals surface area (Å²) in [5.41, 5.74) is 4.36. The van der Waals surface area contributed by atoms with E-state index in [1.807, 2.05) is 16.7 Å². The Kier molecular flexibility index (Phi) is 6.81. The Morgan fingerprint density at radius 1 is 1.17 bits per heavy atom. The van der Waals surface area contributed by atoms with Gasteiger partial charge in [-0.2, -0.15) is 5.10 Å². The fourth-order valence-corrected chi connectivity index (χ4v) is 5.70. The Morgan fingerprint density at radius 3 is 2.72 bits per heavy atom. The largest absolute Gasteiger partial charge is 0.378 e. The molecule has 3 heterocycles. The minimum atomic E-state index is 0.0819. The SMILES string of the molecule is CCCCC(CCC)n1nc(C(=O)N2CCOCC2)c2c1C1=CCCC=C1SC2. The molecule has 2 aliphatic heterocycles. The summed E-state index contributed by atoms with van der Waals surface area (Å²) in [5.74, 6) is 0.926. The summed E-state index contributed by atoms with van der Waals surface area (Å²) in [4.78, 5) is 16.7. The highest BCUT2D eigenvalue weighted by molar-refractivity contribution is 8.03. The van der Waals surface area contributed by atoms with Crippen LogP contribution < -0.4 is 0 Å². The Morgan fingerprint density at radius 2 is 1.97 bits per heavy atom. The molecule has 1 saturated heterocycles. The van der Waals surface area contributed by atoms with Gasteiger partial charge in [0.1, 0.15) is 0 Å². The molecule has 1 unspecified atom stereocenters. The predicted molar refractivity (Wildman–Crippen MR) is 119 cm³/mol. The van der Waals surface area contributed by atoms with Gasteiger partial charge >= 0.3 is 0 Å². The van der Waals surface area contributed by atoms with Gasteiger partial charge in [0.05, 0.1) is 24.9 Å². The number of hydrogen-bond acceptors (Lipinski definition) is 4. The van der Waals surface area contributed by atoms with Crippen molar-refractivity contribution in [2.45, 2.75) is 70.6 Å². The maximum Gasteiger partial charge on any atom is 0.274 e. The molecule has 29 heavy (non-hydrogen) atoms. The quantitative estimate of drug-likeness (QED) is 0.614. The number of carbonyl (C=O) groups excluding carboxylic acids is 1. The molecular weight excluding hydrogens is 382 g/mol. The lowest BCUT2D eigenvalue weighted by atomic mass is 9.98. The molecule has 1 amide bonds. The van der Waals surface area contributed by atoms with Crippen LogP contribution in [0.3, 0.4) is 0 Å². The average Bonchev–Trinajstić information content (AvgIpc) is 3.17. The van der Waals surface area contributed by atoms with Gasteiger partial charge < -0.3 is 9.64 Å². The van der Waals surface area contributed by atoms with Crippen molar-refractivity contribution in [1.29, 1.82) is 0 Å². The summed E-state index contributed by atoms with van der Waals surface area (Å²) in [6, 6.07) is 0.368. The number of allylic oxidation sites excluding steroid dienone is 3. The lowest BCUT2D eigenvalue weighted by molar-refractivity contribution is 0.0297. The monoisotopic (exact) mass is 415 g/mol. The molecule has 0 spiro atoms. The zero-order chi connectivity index (χ0) is 20.2. The van der Waals surface area contributed by atoms with Gasteiger partial charge in [0.15, 0.2) is 5.69 Å². The van der Waals surface area contributed by atoms with E-state index in [-0.39, 0.29) is 5.91 Å². The number of hydrogen-bond donors (Lipinski definition) is 0. The molecule has 0 saturated carbocycles. The van der Waals surface area contributed by atoms with Crippen molar-refractivity contribution in [2.75, 3.05) is 26.3 Å². The van der Waals surface area contributed by atoms with Crippen LogP contribution in [-0.4, -0.2) is 46.9 Å². The molecule has 1 aliphatic carbocycles. The summed E-state index contributed by atoms with van der Waals surface area (Å²) >= 11 is 1.87. The summed E-state index contributed by atoms with van der Waals surface area (Å²) in [7, 11) is 0. The molecule has 0 N–H and O–H groups in total. The van der Waals surface area contributed by atoms with Gasteiger partial charge in [-0.15, -0.1) is 11.8 Å². The molecule has 5 nitrogen and oxygen atoms in total. The van der Waals surface area contributed by atoms with Crippen molar-refractivity contribution in [1.82, 2.24) is 14.7 Å². The molecule has 3 aliphatic rings. The van der Waals surface area contributed by atoms with Crippen molar-refractivity contribution in [3.8, 4) is 0 Å². The number of ether oxygens (including phenoxy) is 1. The van der Waals surface area contributed by atoms with Gasteiger partial charge in [-0.1, -0.05) is 45.3 Å². The number of thioether (sulfide) groups is 1. The fraction of sp³-hybridized carbons (Fsp3) is 0.652. The highest BCUT2D eigenvalue weighted by Gasteiger charge is 2.34. The number of carbonyl (C=O) groups is 1. The maximum atomic E-state index is 13.4. The molecule has 158 valence electrons. The van der Waals surface area contributed by atoms with Crippen LogP contribution in [0.15, 0.2) is 17.1 Å². The van der Waals surface area contributed by atoms with E-state index in [2.05, 4.69) is 30.7 Å². The first-order valence-corrected chi connectivity index (χ1v) is 12.2. The first kappa shape index (κ1) is 20.7. The normalized spacial score (nSPS) is 19.9. The Hall–Kier alpha value is -1.53. The van der Waals surface area contributed by atoms with Crippen molar-refractivity contribution in [3.05, 3.63) is 34.0 Å². The van der Waals surface area contributed by atoms with Crippen molar-refractivity contribution in [3.63, 3.8) is 0 Å². The van der Waals surface area contributed by atoms with Crippen LogP contribution in [0.5, 0.6) is 0 Å². The van der Waals surface area contributed by atoms with E-state index in [0.29, 0.717) is 38.0 Å². The molecule has 1 fully saturated rings.